The van der Waals surface area contributed by atoms with Crippen molar-refractivity contribution in [3.8, 4) is 67.3 Å². The fraction of sp³-hybridized carbons (Fsp3) is 0.0435. The fourth-order valence-corrected chi connectivity index (χ4v) is 10.8. The largest absolute Gasteiger partial charge is 0.228 e. The molecule has 0 unspecified atom stereocenters. The molecule has 1 aromatic heterocycles. The summed E-state index contributed by atoms with van der Waals surface area (Å²) < 4.78 is 0. The van der Waals surface area contributed by atoms with Crippen LogP contribution in [0.1, 0.15) is 0 Å². The zero-order valence-corrected chi connectivity index (χ0v) is 28.6. The molecule has 8 aromatic rings. The number of hydrogen-bond acceptors (Lipinski definition) is 2. The number of rotatable bonds is 5. The Morgan fingerprint density at radius 2 is 0.898 bits per heavy atom. The molecule has 0 radical (unpaired) electrons. The maximum absolute atomic E-state index is 5.46. The van der Waals surface area contributed by atoms with Gasteiger partial charge in [0.25, 0.3) is 0 Å². The van der Waals surface area contributed by atoms with Crippen molar-refractivity contribution in [2.24, 2.45) is 0 Å². The minimum absolute atomic E-state index is 0.757. The number of benzene rings is 7. The standard InChI is InChI=1S/C46H34N2Si/c1-49(2)42-27-9-8-25-41(42)44-45(49)43(37-22-11-18-33(29-37)31-14-4-3-5-15-31)47-46(48-44)38-23-12-20-35(30-38)34-19-10-21-36(28-34)40-26-13-17-32-16-6-7-24-39(32)40/h3-30H,1-2H3. The van der Waals surface area contributed by atoms with Crippen LogP contribution in [0.4, 0.5) is 0 Å². The Hall–Kier alpha value is -5.90. The van der Waals surface area contributed by atoms with E-state index >= 15 is 0 Å². The van der Waals surface area contributed by atoms with Crippen LogP contribution in [0.15, 0.2) is 170 Å². The third kappa shape index (κ3) is 5.02. The van der Waals surface area contributed by atoms with Crippen LogP contribution in [0.2, 0.25) is 13.1 Å². The summed E-state index contributed by atoms with van der Waals surface area (Å²) in [6.07, 6.45) is 0. The summed E-state index contributed by atoms with van der Waals surface area (Å²) in [5.74, 6) is 0.757. The maximum Gasteiger partial charge on any atom is 0.160 e. The first-order valence-corrected chi connectivity index (χ1v) is 19.9. The van der Waals surface area contributed by atoms with E-state index in [1.54, 1.807) is 0 Å². The van der Waals surface area contributed by atoms with Crippen LogP contribution in [-0.2, 0) is 0 Å². The van der Waals surface area contributed by atoms with Gasteiger partial charge in [-0.15, -0.1) is 0 Å². The van der Waals surface area contributed by atoms with Gasteiger partial charge in [-0.2, -0.15) is 0 Å². The van der Waals surface area contributed by atoms with E-state index in [2.05, 4.69) is 183 Å². The predicted octanol–water partition coefficient (Wildman–Crippen LogP) is 10.8. The summed E-state index contributed by atoms with van der Waals surface area (Å²) >= 11 is 0. The van der Waals surface area contributed by atoms with Gasteiger partial charge in [0.15, 0.2) is 5.82 Å². The second kappa shape index (κ2) is 11.7. The molecule has 0 N–H and O–H groups in total. The number of nitrogens with zero attached hydrogens (tertiary/aromatic N) is 2. The molecular weight excluding hydrogens is 609 g/mol. The van der Waals surface area contributed by atoms with Crippen molar-refractivity contribution in [3.05, 3.63) is 170 Å². The summed E-state index contributed by atoms with van der Waals surface area (Å²) in [6.45, 7) is 4.88. The van der Waals surface area contributed by atoms with E-state index in [9.17, 15) is 0 Å². The Balaban J connectivity index is 1.20. The lowest BCUT2D eigenvalue weighted by Crippen LogP contribution is -2.50. The molecule has 2 nitrogen and oxygen atoms in total. The molecule has 0 saturated carbocycles. The van der Waals surface area contributed by atoms with Crippen LogP contribution >= 0.6 is 0 Å². The molecule has 2 heterocycles. The average molecular weight is 643 g/mol. The molecular formula is C46H34N2Si. The van der Waals surface area contributed by atoms with Crippen molar-refractivity contribution in [1.29, 1.82) is 0 Å². The van der Waals surface area contributed by atoms with Crippen LogP contribution in [-0.4, -0.2) is 18.0 Å². The molecule has 49 heavy (non-hydrogen) atoms. The lowest BCUT2D eigenvalue weighted by molar-refractivity contribution is 1.20. The topological polar surface area (TPSA) is 25.8 Å². The second-order valence-corrected chi connectivity index (χ2v) is 17.7. The van der Waals surface area contributed by atoms with Crippen molar-refractivity contribution < 1.29 is 0 Å². The van der Waals surface area contributed by atoms with Crippen LogP contribution < -0.4 is 10.4 Å². The molecule has 0 bridgehead atoms. The first-order valence-electron chi connectivity index (χ1n) is 16.9. The van der Waals surface area contributed by atoms with Gasteiger partial charge in [-0.1, -0.05) is 165 Å². The molecule has 0 saturated heterocycles. The fourth-order valence-electron chi connectivity index (χ4n) is 7.61. The minimum Gasteiger partial charge on any atom is -0.228 e. The quantitative estimate of drug-likeness (QED) is 0.175. The number of aromatic nitrogens is 2. The Morgan fingerprint density at radius 3 is 1.71 bits per heavy atom. The Kier molecular flexibility index (Phi) is 6.96. The Bertz CT molecular complexity index is 2530. The van der Waals surface area contributed by atoms with Gasteiger partial charge in [-0.05, 0) is 78.3 Å². The summed E-state index contributed by atoms with van der Waals surface area (Å²) in [4.78, 5) is 10.8. The van der Waals surface area contributed by atoms with Crippen molar-refractivity contribution in [3.63, 3.8) is 0 Å². The third-order valence-corrected chi connectivity index (χ3v) is 13.6. The number of hydrogen-bond donors (Lipinski definition) is 0. The number of fused-ring (bicyclic) bond motifs is 4. The highest BCUT2D eigenvalue weighted by Crippen LogP contribution is 2.36. The molecule has 3 heteroatoms. The molecule has 1 aliphatic heterocycles. The van der Waals surface area contributed by atoms with Gasteiger partial charge in [0.05, 0.1) is 11.4 Å². The highest BCUT2D eigenvalue weighted by atomic mass is 28.3. The molecule has 0 fully saturated rings. The molecule has 0 atom stereocenters. The van der Waals surface area contributed by atoms with Crippen LogP contribution in [0, 0.1) is 0 Å². The molecule has 1 aliphatic rings. The van der Waals surface area contributed by atoms with E-state index < -0.39 is 8.07 Å². The van der Waals surface area contributed by atoms with Crippen LogP contribution in [0.3, 0.4) is 0 Å². The third-order valence-electron chi connectivity index (χ3n) is 10.0. The summed E-state index contributed by atoms with van der Waals surface area (Å²) in [5, 5.41) is 5.26. The van der Waals surface area contributed by atoms with Gasteiger partial charge < -0.3 is 0 Å². The Labute approximate surface area is 288 Å². The van der Waals surface area contributed by atoms with E-state index in [1.807, 2.05) is 0 Å². The zero-order valence-electron chi connectivity index (χ0n) is 27.6. The van der Waals surface area contributed by atoms with Gasteiger partial charge in [0, 0.05) is 11.1 Å². The highest BCUT2D eigenvalue weighted by Gasteiger charge is 2.41. The van der Waals surface area contributed by atoms with Gasteiger partial charge >= 0.3 is 0 Å². The maximum atomic E-state index is 5.46. The first kappa shape index (κ1) is 29.3. The van der Waals surface area contributed by atoms with Gasteiger partial charge in [0.2, 0.25) is 0 Å². The summed E-state index contributed by atoms with van der Waals surface area (Å²) in [5.41, 5.74) is 12.7. The van der Waals surface area contributed by atoms with Gasteiger partial charge in [-0.3, -0.25) is 0 Å². The first-order chi connectivity index (χ1) is 24.0. The second-order valence-electron chi connectivity index (χ2n) is 13.4. The minimum atomic E-state index is -2.08. The summed E-state index contributed by atoms with van der Waals surface area (Å²) in [7, 11) is -2.08. The van der Waals surface area contributed by atoms with Gasteiger partial charge in [-0.25, -0.2) is 9.97 Å². The van der Waals surface area contributed by atoms with Crippen molar-refractivity contribution in [1.82, 2.24) is 9.97 Å². The van der Waals surface area contributed by atoms with Crippen molar-refractivity contribution in [2.45, 2.75) is 13.1 Å². The van der Waals surface area contributed by atoms with Crippen molar-refractivity contribution >= 4 is 29.2 Å². The average Bonchev–Trinajstić information content (AvgIpc) is 3.40. The van der Waals surface area contributed by atoms with E-state index in [-0.39, 0.29) is 0 Å². The monoisotopic (exact) mass is 642 g/mol. The lowest BCUT2D eigenvalue weighted by atomic mass is 9.94. The van der Waals surface area contributed by atoms with Crippen molar-refractivity contribution in [2.75, 3.05) is 0 Å². The van der Waals surface area contributed by atoms with E-state index in [0.29, 0.717) is 0 Å². The molecule has 7 aromatic carbocycles. The van der Waals surface area contributed by atoms with E-state index in [4.69, 9.17) is 9.97 Å². The van der Waals surface area contributed by atoms with E-state index in [1.165, 1.54) is 54.5 Å². The molecule has 0 spiro atoms. The highest BCUT2D eigenvalue weighted by molar-refractivity contribution is 7.04. The molecule has 0 aliphatic carbocycles. The zero-order chi connectivity index (χ0) is 33.0. The van der Waals surface area contributed by atoms with Crippen LogP contribution in [0.5, 0.6) is 0 Å². The molecule has 232 valence electrons. The smallest absolute Gasteiger partial charge is 0.160 e. The van der Waals surface area contributed by atoms with E-state index in [0.717, 1.165) is 33.9 Å². The Morgan fingerprint density at radius 1 is 0.388 bits per heavy atom. The molecule has 9 rings (SSSR count). The van der Waals surface area contributed by atoms with Gasteiger partial charge in [0.1, 0.15) is 8.07 Å². The SMILES string of the molecule is C[Si]1(C)c2ccccc2-c2nc(-c3cccc(-c4cccc(-c5cccc6ccccc56)c4)c3)nc(-c3cccc(-c4ccccc4)c3)c21. The predicted molar refractivity (Wildman–Crippen MR) is 209 cm³/mol. The normalized spacial score (nSPS) is 12.9. The summed E-state index contributed by atoms with van der Waals surface area (Å²) in [6, 6.07) is 61.0. The van der Waals surface area contributed by atoms with Crippen LogP contribution in [0.25, 0.3) is 78.1 Å². The lowest BCUT2D eigenvalue weighted by Gasteiger charge is -2.22. The molecule has 0 amide bonds.